The Balaban J connectivity index is 7.26. The van der Waals surface area contributed by atoms with Crippen LogP contribution in [0.2, 0.25) is 0 Å². The van der Waals surface area contributed by atoms with E-state index in [1.54, 1.807) is 0 Å². The first-order valence-electron chi connectivity index (χ1n) is 11.6. The first-order chi connectivity index (χ1) is 21.5. The fourth-order valence-electron chi connectivity index (χ4n) is 4.02. The molecular weight excluding hydrogens is 718 g/mol. The van der Waals surface area contributed by atoms with Crippen molar-refractivity contribution in [2.24, 2.45) is 23.7 Å². The van der Waals surface area contributed by atoms with E-state index in [0.29, 0.717) is 0 Å². The Kier molecular flexibility index (Phi) is 13.8. The molecular formula is C20H22O26P2. The van der Waals surface area contributed by atoms with Gasteiger partial charge < -0.3 is 69.9 Å². The van der Waals surface area contributed by atoms with Crippen LogP contribution < -0.4 is 0 Å². The molecule has 0 aliphatic rings. The van der Waals surface area contributed by atoms with Crippen LogP contribution in [-0.2, 0) is 66.5 Å². The molecule has 0 heterocycles. The Hall–Kier alpha value is -5.26. The van der Waals surface area contributed by atoms with E-state index in [1.807, 2.05) is 0 Å². The van der Waals surface area contributed by atoms with Gasteiger partial charge in [0.2, 0.25) is 0 Å². The molecule has 0 rings (SSSR count). The smallest absolute Gasteiger partial charge is 0.381 e. The summed E-state index contributed by atoms with van der Waals surface area (Å²) in [5, 5.41) is 64.8. The third-order valence-corrected chi connectivity index (χ3v) is 8.80. The van der Waals surface area contributed by atoms with Gasteiger partial charge in [0.15, 0.2) is 0 Å². The van der Waals surface area contributed by atoms with Gasteiger partial charge in [-0.1, -0.05) is 0 Å². The van der Waals surface area contributed by atoms with E-state index in [9.17, 15) is 107 Å². The molecule has 28 heteroatoms. The molecule has 0 amide bonds. The molecule has 0 aromatic carbocycles. The van der Waals surface area contributed by atoms with Crippen LogP contribution in [0.15, 0.2) is 12.2 Å². The zero-order chi connectivity index (χ0) is 38.3. The molecule has 0 aromatic rings. The third-order valence-electron chi connectivity index (χ3n) is 5.95. The van der Waals surface area contributed by atoms with Crippen LogP contribution in [0.5, 0.6) is 0 Å². The van der Waals surface area contributed by atoms with E-state index in [-0.39, 0.29) is 0 Å². The van der Waals surface area contributed by atoms with Crippen LogP contribution in [-0.4, -0.2) is 131 Å². The summed E-state index contributed by atoms with van der Waals surface area (Å²) in [7, 11) is -13.6. The SMILES string of the molecule is O=C(O)CC(C(=O)O)C(C(=O)O)C(OC(=O)C=CC(=O)OC(C(=O)O)(C(C(=O)O)C(CC(=O)O)C(=O)O)P(=O)(O)O)(C(=O)O)P(=O)(O)O. The number of carbonyl (C=O) groups excluding carboxylic acids is 2. The lowest BCUT2D eigenvalue weighted by Crippen LogP contribution is -2.56. The number of esters is 2. The number of aliphatic carboxylic acids is 8. The Morgan fingerprint density at radius 1 is 0.500 bits per heavy atom. The lowest BCUT2D eigenvalue weighted by Gasteiger charge is -2.36. The molecule has 0 aliphatic heterocycles. The van der Waals surface area contributed by atoms with Gasteiger partial charge in [0.25, 0.3) is 0 Å². The van der Waals surface area contributed by atoms with Crippen molar-refractivity contribution in [3.63, 3.8) is 0 Å². The third kappa shape index (κ3) is 9.18. The Morgan fingerprint density at radius 3 is 0.896 bits per heavy atom. The predicted octanol–water partition coefficient (Wildman–Crippen LogP) is -3.70. The van der Waals surface area contributed by atoms with Crippen molar-refractivity contribution < 1.29 is 127 Å². The standard InChI is InChI=1S/C20H22O26P2/c21-7(22)3-5(13(27)28)11(15(31)32)19(17(35)36,47(39,40)41)45-9(25)1-2-10(26)46-20(18(37)38,48(42,43)44)12(16(33)34)6(14(29)30)4-8(23)24/h1-2,5-6,11-12H,3-4H2,(H,21,22)(H,23,24)(H,27,28)(H,29,30)(H,31,32)(H,33,34)(H,35,36)(H,37,38)(H2,39,40,41)(H2,42,43,44). The molecule has 6 atom stereocenters. The maximum absolute atomic E-state index is 12.4. The van der Waals surface area contributed by atoms with Gasteiger partial charge in [-0.25, -0.2) is 19.2 Å². The van der Waals surface area contributed by atoms with Crippen LogP contribution in [0.3, 0.4) is 0 Å². The highest BCUT2D eigenvalue weighted by molar-refractivity contribution is 7.55. The van der Waals surface area contributed by atoms with Gasteiger partial charge in [-0.05, 0) is 0 Å². The Morgan fingerprint density at radius 2 is 0.750 bits per heavy atom. The topological polar surface area (TPSA) is 466 Å². The highest BCUT2D eigenvalue weighted by atomic mass is 31.2. The average molecular weight is 740 g/mol. The summed E-state index contributed by atoms with van der Waals surface area (Å²) in [6, 6.07) is 0. The average Bonchev–Trinajstić information content (AvgIpc) is 2.87. The largest absolute Gasteiger partial charge is 0.481 e. The van der Waals surface area contributed by atoms with Crippen molar-refractivity contribution in [2.75, 3.05) is 0 Å². The monoisotopic (exact) mass is 740 g/mol. The quantitative estimate of drug-likeness (QED) is 0.0324. The molecule has 0 radical (unpaired) electrons. The Bertz CT molecular complexity index is 1420. The van der Waals surface area contributed by atoms with Gasteiger partial charge in [0, 0.05) is 12.2 Å². The van der Waals surface area contributed by atoms with Gasteiger partial charge in [0.1, 0.15) is 11.8 Å². The van der Waals surface area contributed by atoms with Crippen LogP contribution >= 0.6 is 15.2 Å². The molecule has 0 aliphatic carbocycles. The number of carboxylic acids is 8. The first-order valence-corrected chi connectivity index (χ1v) is 14.8. The molecule has 268 valence electrons. The summed E-state index contributed by atoms with van der Waals surface area (Å²) < 4.78 is 32.6. The summed E-state index contributed by atoms with van der Waals surface area (Å²) in [5.74, 6) is -39.7. The number of ether oxygens (including phenoxy) is 2. The van der Waals surface area contributed by atoms with Gasteiger partial charge in [-0.2, -0.15) is 0 Å². The number of rotatable bonds is 20. The van der Waals surface area contributed by atoms with E-state index in [4.69, 9.17) is 10.2 Å². The first kappa shape index (κ1) is 42.7. The van der Waals surface area contributed by atoms with Crippen LogP contribution in [0.25, 0.3) is 0 Å². The second-order valence-electron chi connectivity index (χ2n) is 8.98. The number of carbonyl (C=O) groups is 10. The minimum Gasteiger partial charge on any atom is -0.481 e. The maximum atomic E-state index is 12.4. The molecule has 6 unspecified atom stereocenters. The van der Waals surface area contributed by atoms with Crippen molar-refractivity contribution in [1.82, 2.24) is 0 Å². The fourth-order valence-corrected chi connectivity index (χ4v) is 6.24. The molecule has 0 saturated carbocycles. The highest BCUT2D eigenvalue weighted by Crippen LogP contribution is 2.59. The Labute approximate surface area is 261 Å². The lowest BCUT2D eigenvalue weighted by atomic mass is 9.84. The van der Waals surface area contributed by atoms with Crippen molar-refractivity contribution >= 4 is 74.9 Å². The molecule has 0 spiro atoms. The second-order valence-corrected chi connectivity index (χ2v) is 12.5. The number of carboxylic acid groups (broad SMARTS) is 8. The van der Waals surface area contributed by atoms with Crippen LogP contribution in [0, 0.1) is 23.7 Å². The molecule has 26 nitrogen and oxygen atoms in total. The van der Waals surface area contributed by atoms with Crippen molar-refractivity contribution in [3.8, 4) is 0 Å². The normalized spacial score (nSPS) is 16.8. The predicted molar refractivity (Wildman–Crippen MR) is 135 cm³/mol. The van der Waals surface area contributed by atoms with E-state index in [0.717, 1.165) is 0 Å². The maximum Gasteiger partial charge on any atom is 0.381 e. The summed E-state index contributed by atoms with van der Waals surface area (Å²) in [5.41, 5.74) is 0. The van der Waals surface area contributed by atoms with Crippen LogP contribution in [0.4, 0.5) is 0 Å². The summed E-state index contributed by atoms with van der Waals surface area (Å²) in [6.07, 6.45) is -4.78. The molecule has 48 heavy (non-hydrogen) atoms. The van der Waals surface area contributed by atoms with E-state index in [1.165, 1.54) is 0 Å². The molecule has 0 bridgehead atoms. The summed E-state index contributed by atoms with van der Waals surface area (Å²) in [4.78, 5) is 157. The molecule has 0 fully saturated rings. The van der Waals surface area contributed by atoms with Crippen molar-refractivity contribution in [2.45, 2.75) is 23.5 Å². The minimum atomic E-state index is -6.82. The highest BCUT2D eigenvalue weighted by Gasteiger charge is 2.70. The van der Waals surface area contributed by atoms with E-state index >= 15 is 0 Å². The van der Waals surface area contributed by atoms with E-state index < -0.39 is 134 Å². The number of hydrogen-bond donors (Lipinski definition) is 12. The summed E-state index contributed by atoms with van der Waals surface area (Å²) in [6.45, 7) is 0. The van der Waals surface area contributed by atoms with Crippen LogP contribution in [0.1, 0.15) is 12.8 Å². The minimum absolute atomic E-state index is 0.532. The van der Waals surface area contributed by atoms with Gasteiger partial charge in [0.05, 0.1) is 24.7 Å². The number of hydrogen-bond acceptors (Lipinski definition) is 14. The fraction of sp³-hybridized carbons (Fsp3) is 0.400. The van der Waals surface area contributed by atoms with Gasteiger partial charge in [-0.15, -0.1) is 0 Å². The zero-order valence-electron chi connectivity index (χ0n) is 22.9. The second kappa shape index (κ2) is 15.6. The van der Waals surface area contributed by atoms with Crippen molar-refractivity contribution in [3.05, 3.63) is 12.2 Å². The summed E-state index contributed by atoms with van der Waals surface area (Å²) >= 11 is 0. The van der Waals surface area contributed by atoms with E-state index in [2.05, 4.69) is 9.47 Å². The van der Waals surface area contributed by atoms with Crippen molar-refractivity contribution in [1.29, 1.82) is 0 Å². The molecule has 12 N–H and O–H groups in total. The zero-order valence-corrected chi connectivity index (χ0v) is 24.6. The molecule has 0 saturated heterocycles. The lowest BCUT2D eigenvalue weighted by molar-refractivity contribution is -0.185. The molecule has 0 aromatic heterocycles. The van der Waals surface area contributed by atoms with Gasteiger partial charge in [-0.3, -0.25) is 37.9 Å². The van der Waals surface area contributed by atoms with Gasteiger partial charge >= 0.3 is 85.6 Å².